The van der Waals surface area contributed by atoms with Crippen LogP contribution in [0.25, 0.3) is 10.6 Å². The Hall–Kier alpha value is -2.41. The predicted molar refractivity (Wildman–Crippen MR) is 83.9 cm³/mol. The first-order chi connectivity index (χ1) is 10.6. The molecular weight excluding hydrogens is 302 g/mol. The van der Waals surface area contributed by atoms with Crippen LogP contribution in [0, 0.1) is 0 Å². The van der Waals surface area contributed by atoms with E-state index in [1.165, 1.54) is 17.4 Å². The van der Waals surface area contributed by atoms with E-state index in [0.29, 0.717) is 18.7 Å². The second kappa shape index (κ2) is 6.15. The first kappa shape index (κ1) is 14.5. The summed E-state index contributed by atoms with van der Waals surface area (Å²) in [5.74, 6) is -0.729. The summed E-state index contributed by atoms with van der Waals surface area (Å²) in [4.78, 5) is 39.5. The molecule has 3 heterocycles. The highest BCUT2D eigenvalue weighted by atomic mass is 32.1. The van der Waals surface area contributed by atoms with Crippen LogP contribution in [0.2, 0.25) is 0 Å². The van der Waals surface area contributed by atoms with Gasteiger partial charge in [0.2, 0.25) is 5.91 Å². The molecule has 0 unspecified atom stereocenters. The maximum absolute atomic E-state index is 12.2. The monoisotopic (exact) mass is 317 g/mol. The minimum absolute atomic E-state index is 0.0127. The van der Waals surface area contributed by atoms with Gasteiger partial charge < -0.3 is 15.6 Å². The topological polar surface area (TPSA) is 91.1 Å². The molecule has 0 bridgehead atoms. The minimum Gasteiger partial charge on any atom is -0.354 e. The van der Waals surface area contributed by atoms with Crippen LogP contribution >= 0.6 is 11.3 Å². The largest absolute Gasteiger partial charge is 0.354 e. The summed E-state index contributed by atoms with van der Waals surface area (Å²) in [6, 6.07) is 6.40. The SMILES string of the molecule is O=C(N[C@@H]1CCCNC1=O)c1ccc(-c2cccs2)[nH]c1=O. The van der Waals surface area contributed by atoms with Gasteiger partial charge in [0.05, 0.1) is 10.6 Å². The molecule has 114 valence electrons. The van der Waals surface area contributed by atoms with E-state index in [0.717, 1.165) is 11.3 Å². The number of carbonyl (C=O) groups excluding carboxylic acids is 2. The van der Waals surface area contributed by atoms with Crippen LogP contribution in [0.5, 0.6) is 0 Å². The Morgan fingerprint density at radius 1 is 1.27 bits per heavy atom. The van der Waals surface area contributed by atoms with Gasteiger partial charge in [0.25, 0.3) is 11.5 Å². The van der Waals surface area contributed by atoms with Crippen LogP contribution in [0.3, 0.4) is 0 Å². The van der Waals surface area contributed by atoms with Crippen molar-refractivity contribution in [3.05, 3.63) is 45.6 Å². The number of thiophene rings is 1. The molecular formula is C15H15N3O3S. The second-order valence-corrected chi connectivity index (χ2v) is 6.00. The lowest BCUT2D eigenvalue weighted by molar-refractivity contribution is -0.124. The molecule has 3 N–H and O–H groups in total. The third-order valence-electron chi connectivity index (χ3n) is 3.53. The molecule has 3 rings (SSSR count). The lowest BCUT2D eigenvalue weighted by Crippen LogP contribution is -2.50. The summed E-state index contributed by atoms with van der Waals surface area (Å²) in [6.07, 6.45) is 1.40. The van der Waals surface area contributed by atoms with E-state index in [1.54, 1.807) is 6.07 Å². The van der Waals surface area contributed by atoms with E-state index in [4.69, 9.17) is 0 Å². The Morgan fingerprint density at radius 2 is 2.14 bits per heavy atom. The molecule has 1 saturated heterocycles. The summed E-state index contributed by atoms with van der Waals surface area (Å²) < 4.78 is 0. The highest BCUT2D eigenvalue weighted by Crippen LogP contribution is 2.21. The molecule has 0 spiro atoms. The van der Waals surface area contributed by atoms with Crippen LogP contribution in [-0.2, 0) is 4.79 Å². The zero-order chi connectivity index (χ0) is 15.5. The maximum atomic E-state index is 12.2. The third kappa shape index (κ3) is 2.94. The van der Waals surface area contributed by atoms with Gasteiger partial charge >= 0.3 is 0 Å². The van der Waals surface area contributed by atoms with E-state index in [2.05, 4.69) is 15.6 Å². The normalized spacial score (nSPS) is 17.8. The number of hydrogen-bond donors (Lipinski definition) is 3. The Labute approximate surface area is 130 Å². The lowest BCUT2D eigenvalue weighted by atomic mass is 10.1. The van der Waals surface area contributed by atoms with Crippen molar-refractivity contribution in [1.29, 1.82) is 0 Å². The zero-order valence-corrected chi connectivity index (χ0v) is 12.5. The van der Waals surface area contributed by atoms with E-state index >= 15 is 0 Å². The molecule has 6 nitrogen and oxygen atoms in total. The predicted octanol–water partition coefficient (Wildman–Crippen LogP) is 1.11. The van der Waals surface area contributed by atoms with Gasteiger partial charge in [0.15, 0.2) is 0 Å². The molecule has 0 radical (unpaired) electrons. The number of pyridine rings is 1. The first-order valence-corrected chi connectivity index (χ1v) is 7.89. The summed E-state index contributed by atoms with van der Waals surface area (Å²) in [5.41, 5.74) is 0.227. The molecule has 1 atom stereocenters. The summed E-state index contributed by atoms with van der Waals surface area (Å²) in [6.45, 7) is 0.626. The van der Waals surface area contributed by atoms with Crippen molar-refractivity contribution in [3.8, 4) is 10.6 Å². The van der Waals surface area contributed by atoms with Crippen molar-refractivity contribution < 1.29 is 9.59 Å². The highest BCUT2D eigenvalue weighted by Gasteiger charge is 2.24. The Morgan fingerprint density at radius 3 is 2.82 bits per heavy atom. The average molecular weight is 317 g/mol. The molecule has 2 amide bonds. The fourth-order valence-electron chi connectivity index (χ4n) is 2.37. The molecule has 22 heavy (non-hydrogen) atoms. The Balaban J connectivity index is 1.78. The van der Waals surface area contributed by atoms with Crippen LogP contribution in [0.1, 0.15) is 23.2 Å². The van der Waals surface area contributed by atoms with Gasteiger partial charge in [-0.3, -0.25) is 14.4 Å². The number of amides is 2. The lowest BCUT2D eigenvalue weighted by Gasteiger charge is -2.22. The Kier molecular flexibility index (Phi) is 4.06. The second-order valence-electron chi connectivity index (χ2n) is 5.05. The van der Waals surface area contributed by atoms with Gasteiger partial charge in [-0.1, -0.05) is 6.07 Å². The molecule has 7 heteroatoms. The number of carbonyl (C=O) groups is 2. The Bertz CT molecular complexity index is 752. The van der Waals surface area contributed by atoms with Crippen molar-refractivity contribution in [2.24, 2.45) is 0 Å². The van der Waals surface area contributed by atoms with Crippen molar-refractivity contribution in [1.82, 2.24) is 15.6 Å². The number of rotatable bonds is 3. The standard InChI is InChI=1S/C15H15N3O3S/c19-13-9(5-6-10(17-13)12-4-2-8-22-12)14(20)18-11-3-1-7-16-15(11)21/h2,4-6,8,11H,1,3,7H2,(H,16,21)(H,17,19)(H,18,20)/t11-/m1/s1. The summed E-state index contributed by atoms with van der Waals surface area (Å²) >= 11 is 1.50. The third-order valence-corrected chi connectivity index (χ3v) is 4.43. The average Bonchev–Trinajstić information content (AvgIpc) is 3.03. The van der Waals surface area contributed by atoms with Crippen LogP contribution in [0.15, 0.2) is 34.4 Å². The van der Waals surface area contributed by atoms with E-state index in [1.807, 2.05) is 17.5 Å². The number of nitrogens with one attached hydrogen (secondary N) is 3. The zero-order valence-electron chi connectivity index (χ0n) is 11.7. The smallest absolute Gasteiger partial charge is 0.261 e. The molecule has 2 aromatic heterocycles. The van der Waals surface area contributed by atoms with Crippen molar-refractivity contribution in [2.75, 3.05) is 6.54 Å². The van der Waals surface area contributed by atoms with Gasteiger partial charge in [-0.2, -0.15) is 0 Å². The minimum atomic E-state index is -0.572. The molecule has 0 saturated carbocycles. The van der Waals surface area contributed by atoms with Gasteiger partial charge in [-0.25, -0.2) is 0 Å². The first-order valence-electron chi connectivity index (χ1n) is 7.01. The van der Waals surface area contributed by atoms with E-state index in [9.17, 15) is 14.4 Å². The number of H-pyrrole nitrogens is 1. The number of aromatic nitrogens is 1. The highest BCUT2D eigenvalue weighted by molar-refractivity contribution is 7.13. The fraction of sp³-hybridized carbons (Fsp3) is 0.267. The van der Waals surface area contributed by atoms with Crippen molar-refractivity contribution >= 4 is 23.2 Å². The van der Waals surface area contributed by atoms with Gasteiger partial charge in [-0.15, -0.1) is 11.3 Å². The molecule has 1 aliphatic rings. The van der Waals surface area contributed by atoms with E-state index < -0.39 is 17.5 Å². The molecule has 0 aliphatic carbocycles. The fourth-order valence-corrected chi connectivity index (χ4v) is 3.08. The quantitative estimate of drug-likeness (QED) is 0.792. The van der Waals surface area contributed by atoms with Gasteiger partial charge in [0, 0.05) is 6.54 Å². The van der Waals surface area contributed by atoms with Crippen molar-refractivity contribution in [3.63, 3.8) is 0 Å². The van der Waals surface area contributed by atoms with Crippen LogP contribution in [0.4, 0.5) is 0 Å². The maximum Gasteiger partial charge on any atom is 0.261 e. The molecule has 0 aromatic carbocycles. The van der Waals surface area contributed by atoms with Gasteiger partial charge in [0.1, 0.15) is 11.6 Å². The van der Waals surface area contributed by atoms with Crippen LogP contribution in [-0.4, -0.2) is 29.4 Å². The summed E-state index contributed by atoms with van der Waals surface area (Å²) in [5, 5.41) is 7.22. The van der Waals surface area contributed by atoms with Crippen molar-refractivity contribution in [2.45, 2.75) is 18.9 Å². The molecule has 1 aliphatic heterocycles. The van der Waals surface area contributed by atoms with Crippen LogP contribution < -0.4 is 16.2 Å². The number of aromatic amines is 1. The van der Waals surface area contributed by atoms with E-state index in [-0.39, 0.29) is 11.5 Å². The van der Waals surface area contributed by atoms with Gasteiger partial charge in [-0.05, 0) is 36.4 Å². The number of hydrogen-bond acceptors (Lipinski definition) is 4. The summed E-state index contributed by atoms with van der Waals surface area (Å²) in [7, 11) is 0. The number of piperidine rings is 1. The molecule has 1 fully saturated rings. The molecule has 2 aromatic rings.